The standard InChI is InChI=1S/C15H11ClOS/c1-17-12-8-4-2-6-10(12)14-11-7-3-5-9-13(11)18-15(14)16/h2-9H,1H3. The zero-order valence-corrected chi connectivity index (χ0v) is 11.4. The molecule has 0 radical (unpaired) electrons. The van der Waals surface area contributed by atoms with E-state index in [2.05, 4.69) is 12.1 Å². The summed E-state index contributed by atoms with van der Waals surface area (Å²) in [6, 6.07) is 16.2. The maximum absolute atomic E-state index is 6.39. The van der Waals surface area contributed by atoms with Crippen LogP contribution in [0.15, 0.2) is 48.5 Å². The minimum atomic E-state index is 0.806. The van der Waals surface area contributed by atoms with Gasteiger partial charge >= 0.3 is 0 Å². The molecule has 0 bridgehead atoms. The predicted molar refractivity (Wildman–Crippen MR) is 78.8 cm³/mol. The topological polar surface area (TPSA) is 9.23 Å². The number of ether oxygens (including phenoxy) is 1. The second-order valence-corrected chi connectivity index (χ2v) is 5.60. The molecular weight excluding hydrogens is 264 g/mol. The van der Waals surface area contributed by atoms with Crippen LogP contribution in [-0.4, -0.2) is 7.11 Å². The van der Waals surface area contributed by atoms with Crippen molar-refractivity contribution in [3.05, 3.63) is 52.9 Å². The SMILES string of the molecule is COc1ccccc1-c1c(Cl)sc2ccccc12. The molecule has 0 aliphatic rings. The monoisotopic (exact) mass is 274 g/mol. The van der Waals surface area contributed by atoms with Gasteiger partial charge in [-0.3, -0.25) is 0 Å². The van der Waals surface area contributed by atoms with Crippen molar-refractivity contribution >= 4 is 33.0 Å². The molecule has 0 saturated heterocycles. The molecule has 0 atom stereocenters. The zero-order valence-electron chi connectivity index (χ0n) is 9.81. The molecule has 3 rings (SSSR count). The van der Waals surface area contributed by atoms with Crippen LogP contribution in [0.25, 0.3) is 21.2 Å². The summed E-state index contributed by atoms with van der Waals surface area (Å²) in [7, 11) is 1.68. The Kier molecular flexibility index (Phi) is 2.98. The fourth-order valence-corrected chi connectivity index (χ4v) is 3.51. The van der Waals surface area contributed by atoms with Crippen LogP contribution in [0.1, 0.15) is 0 Å². The van der Waals surface area contributed by atoms with Crippen molar-refractivity contribution in [3.63, 3.8) is 0 Å². The molecule has 18 heavy (non-hydrogen) atoms. The fraction of sp³-hybridized carbons (Fsp3) is 0.0667. The summed E-state index contributed by atoms with van der Waals surface area (Å²) in [5.41, 5.74) is 2.11. The fourth-order valence-electron chi connectivity index (χ4n) is 2.12. The highest BCUT2D eigenvalue weighted by Gasteiger charge is 2.15. The van der Waals surface area contributed by atoms with Crippen LogP contribution in [0.3, 0.4) is 0 Å². The van der Waals surface area contributed by atoms with Crippen molar-refractivity contribution in [1.29, 1.82) is 0 Å². The van der Waals surface area contributed by atoms with E-state index < -0.39 is 0 Å². The van der Waals surface area contributed by atoms with Gasteiger partial charge in [0, 0.05) is 21.2 Å². The third-order valence-corrected chi connectivity index (χ3v) is 4.31. The molecule has 90 valence electrons. The Morgan fingerprint density at radius 3 is 2.56 bits per heavy atom. The van der Waals surface area contributed by atoms with Gasteiger partial charge in [0.25, 0.3) is 0 Å². The Hall–Kier alpha value is -1.51. The summed E-state index contributed by atoms with van der Waals surface area (Å²) in [6.07, 6.45) is 0. The number of rotatable bonds is 2. The van der Waals surface area contributed by atoms with Crippen LogP contribution in [-0.2, 0) is 0 Å². The molecule has 1 nitrogen and oxygen atoms in total. The van der Waals surface area contributed by atoms with Crippen molar-refractivity contribution in [3.8, 4) is 16.9 Å². The van der Waals surface area contributed by atoms with E-state index in [1.165, 1.54) is 10.1 Å². The van der Waals surface area contributed by atoms with Crippen molar-refractivity contribution in [1.82, 2.24) is 0 Å². The number of thiophene rings is 1. The van der Waals surface area contributed by atoms with Gasteiger partial charge in [0.05, 0.1) is 7.11 Å². The van der Waals surface area contributed by atoms with Crippen LogP contribution < -0.4 is 4.74 Å². The highest BCUT2D eigenvalue weighted by atomic mass is 35.5. The number of fused-ring (bicyclic) bond motifs is 1. The average Bonchev–Trinajstić information content (AvgIpc) is 2.74. The molecule has 0 spiro atoms. The first-order valence-electron chi connectivity index (χ1n) is 5.61. The van der Waals surface area contributed by atoms with Gasteiger partial charge in [-0.2, -0.15) is 0 Å². The van der Waals surface area contributed by atoms with Crippen molar-refractivity contribution in [2.45, 2.75) is 0 Å². The highest BCUT2D eigenvalue weighted by Crippen LogP contribution is 2.44. The number of hydrogen-bond donors (Lipinski definition) is 0. The normalized spacial score (nSPS) is 10.8. The Morgan fingerprint density at radius 2 is 1.72 bits per heavy atom. The summed E-state index contributed by atoms with van der Waals surface area (Å²) >= 11 is 8.00. The van der Waals surface area contributed by atoms with E-state index in [1.807, 2.05) is 36.4 Å². The van der Waals surface area contributed by atoms with Gasteiger partial charge in [-0.05, 0) is 12.1 Å². The van der Waals surface area contributed by atoms with E-state index in [4.69, 9.17) is 16.3 Å². The lowest BCUT2D eigenvalue weighted by Gasteiger charge is -2.07. The maximum Gasteiger partial charge on any atom is 0.126 e. The third kappa shape index (κ3) is 1.78. The minimum Gasteiger partial charge on any atom is -0.496 e. The third-order valence-electron chi connectivity index (χ3n) is 2.93. The zero-order chi connectivity index (χ0) is 12.5. The van der Waals surface area contributed by atoms with Crippen LogP contribution in [0, 0.1) is 0 Å². The smallest absolute Gasteiger partial charge is 0.126 e. The molecule has 2 aromatic carbocycles. The Labute approximate surface area is 115 Å². The quantitative estimate of drug-likeness (QED) is 0.622. The van der Waals surface area contributed by atoms with E-state index in [-0.39, 0.29) is 0 Å². The van der Waals surface area contributed by atoms with Crippen molar-refractivity contribution in [2.75, 3.05) is 7.11 Å². The first-order valence-corrected chi connectivity index (χ1v) is 6.81. The van der Waals surface area contributed by atoms with Crippen LogP contribution in [0.2, 0.25) is 4.34 Å². The Morgan fingerprint density at radius 1 is 1.00 bits per heavy atom. The van der Waals surface area contributed by atoms with E-state index in [0.717, 1.165) is 21.2 Å². The number of para-hydroxylation sites is 1. The lowest BCUT2D eigenvalue weighted by Crippen LogP contribution is -1.86. The molecule has 0 amide bonds. The predicted octanol–water partition coefficient (Wildman–Crippen LogP) is 5.23. The molecule has 0 fully saturated rings. The Bertz CT molecular complexity index is 703. The lowest BCUT2D eigenvalue weighted by atomic mass is 10.0. The molecule has 1 heterocycles. The molecule has 3 aromatic rings. The summed E-state index contributed by atoms with van der Waals surface area (Å²) in [6.45, 7) is 0. The maximum atomic E-state index is 6.39. The van der Waals surface area contributed by atoms with Gasteiger partial charge in [-0.1, -0.05) is 48.0 Å². The van der Waals surface area contributed by atoms with E-state index in [9.17, 15) is 0 Å². The molecule has 0 aliphatic heterocycles. The lowest BCUT2D eigenvalue weighted by molar-refractivity contribution is 0.416. The summed E-state index contributed by atoms with van der Waals surface area (Å²) in [4.78, 5) is 0. The molecule has 0 aliphatic carbocycles. The first-order chi connectivity index (χ1) is 8.81. The molecular formula is C15H11ClOS. The van der Waals surface area contributed by atoms with Gasteiger partial charge in [0.2, 0.25) is 0 Å². The number of benzene rings is 2. The average molecular weight is 275 g/mol. The van der Waals surface area contributed by atoms with Gasteiger partial charge in [0.15, 0.2) is 0 Å². The molecule has 0 N–H and O–H groups in total. The van der Waals surface area contributed by atoms with E-state index >= 15 is 0 Å². The van der Waals surface area contributed by atoms with Crippen molar-refractivity contribution in [2.24, 2.45) is 0 Å². The minimum absolute atomic E-state index is 0.806. The molecule has 3 heteroatoms. The number of methoxy groups -OCH3 is 1. The van der Waals surface area contributed by atoms with Gasteiger partial charge in [-0.15, -0.1) is 11.3 Å². The number of halogens is 1. The number of hydrogen-bond acceptors (Lipinski definition) is 2. The Balaban J connectivity index is 2.34. The summed E-state index contributed by atoms with van der Waals surface area (Å²) in [5, 5.41) is 1.18. The van der Waals surface area contributed by atoms with Crippen molar-refractivity contribution < 1.29 is 4.74 Å². The second kappa shape index (κ2) is 4.63. The van der Waals surface area contributed by atoms with Gasteiger partial charge in [0.1, 0.15) is 10.1 Å². The highest BCUT2D eigenvalue weighted by molar-refractivity contribution is 7.23. The van der Waals surface area contributed by atoms with Gasteiger partial charge < -0.3 is 4.74 Å². The molecule has 0 unspecified atom stereocenters. The van der Waals surface area contributed by atoms with Gasteiger partial charge in [-0.25, -0.2) is 0 Å². The largest absolute Gasteiger partial charge is 0.496 e. The summed E-state index contributed by atoms with van der Waals surface area (Å²) < 4.78 is 7.42. The van der Waals surface area contributed by atoms with E-state index in [0.29, 0.717) is 0 Å². The van der Waals surface area contributed by atoms with Crippen LogP contribution >= 0.6 is 22.9 Å². The molecule has 0 saturated carbocycles. The van der Waals surface area contributed by atoms with Crippen LogP contribution in [0.5, 0.6) is 5.75 Å². The van der Waals surface area contributed by atoms with E-state index in [1.54, 1.807) is 18.4 Å². The first kappa shape index (κ1) is 11.6. The van der Waals surface area contributed by atoms with Crippen LogP contribution in [0.4, 0.5) is 0 Å². The summed E-state index contributed by atoms with van der Waals surface area (Å²) in [5.74, 6) is 0.850. The molecule has 1 aromatic heterocycles. The second-order valence-electron chi connectivity index (χ2n) is 3.95.